The number of halogens is 2. The van der Waals surface area contributed by atoms with Crippen molar-refractivity contribution in [3.05, 3.63) is 46.5 Å². The first-order valence-corrected chi connectivity index (χ1v) is 10.7. The van der Waals surface area contributed by atoms with Crippen LogP contribution in [-0.4, -0.2) is 22.8 Å². The second kappa shape index (κ2) is 8.98. The molecule has 1 fully saturated rings. The fourth-order valence-electron chi connectivity index (χ4n) is 3.91. The van der Waals surface area contributed by atoms with Gasteiger partial charge < -0.3 is 10.6 Å². The summed E-state index contributed by atoms with van der Waals surface area (Å²) in [5.74, 6) is -2.11. The van der Waals surface area contributed by atoms with Gasteiger partial charge >= 0.3 is 0 Å². The smallest absolute Gasteiger partial charge is 0.248 e. The molecule has 1 aliphatic carbocycles. The summed E-state index contributed by atoms with van der Waals surface area (Å²) >= 11 is 1.36. The second-order valence-electron chi connectivity index (χ2n) is 7.53. The lowest BCUT2D eigenvalue weighted by molar-refractivity contribution is -0.130. The highest BCUT2D eigenvalue weighted by Gasteiger charge is 2.44. The van der Waals surface area contributed by atoms with Crippen LogP contribution in [0.15, 0.2) is 24.4 Å². The first-order valence-electron chi connectivity index (χ1n) is 9.85. The SMILES string of the molecule is CCCC(NC(=O)C1(c2cc(F)cc(F)c2)CCCC1)C(=O)Nc1ncc(C)s1. The number of hydrogen-bond acceptors (Lipinski definition) is 4. The highest BCUT2D eigenvalue weighted by atomic mass is 32.1. The largest absolute Gasteiger partial charge is 0.344 e. The Morgan fingerprint density at radius 3 is 2.41 bits per heavy atom. The van der Waals surface area contributed by atoms with Gasteiger partial charge in [-0.1, -0.05) is 26.2 Å². The van der Waals surface area contributed by atoms with Gasteiger partial charge in [-0.3, -0.25) is 9.59 Å². The molecular weight excluding hydrogens is 396 g/mol. The van der Waals surface area contributed by atoms with E-state index in [4.69, 9.17) is 0 Å². The molecule has 1 heterocycles. The van der Waals surface area contributed by atoms with Crippen molar-refractivity contribution in [2.24, 2.45) is 0 Å². The van der Waals surface area contributed by atoms with Gasteiger partial charge in [-0.05, 0) is 43.9 Å². The molecule has 29 heavy (non-hydrogen) atoms. The number of thiazole rings is 1. The van der Waals surface area contributed by atoms with Crippen molar-refractivity contribution in [1.29, 1.82) is 0 Å². The van der Waals surface area contributed by atoms with E-state index in [1.807, 2.05) is 13.8 Å². The Kier molecular flexibility index (Phi) is 6.62. The van der Waals surface area contributed by atoms with Crippen molar-refractivity contribution >= 4 is 28.3 Å². The number of nitrogens with zero attached hydrogens (tertiary/aromatic N) is 1. The van der Waals surface area contributed by atoms with Crippen molar-refractivity contribution in [2.75, 3.05) is 5.32 Å². The van der Waals surface area contributed by atoms with Crippen LogP contribution in [0, 0.1) is 18.6 Å². The van der Waals surface area contributed by atoms with E-state index < -0.39 is 23.1 Å². The lowest BCUT2D eigenvalue weighted by atomic mass is 9.77. The fraction of sp³-hybridized carbons (Fsp3) is 0.476. The molecule has 1 atom stereocenters. The standard InChI is InChI=1S/C21H25F2N3O2S/c1-3-6-17(18(27)26-20-24-12-13(2)29-20)25-19(28)21(7-4-5-8-21)14-9-15(22)11-16(23)10-14/h9-12,17H,3-8H2,1-2H3,(H,25,28)(H,24,26,27). The van der Waals surface area contributed by atoms with Crippen molar-refractivity contribution in [3.8, 4) is 0 Å². The number of aryl methyl sites for hydroxylation is 1. The van der Waals surface area contributed by atoms with E-state index in [0.29, 0.717) is 36.4 Å². The number of rotatable bonds is 7. The van der Waals surface area contributed by atoms with E-state index in [-0.39, 0.29) is 11.8 Å². The van der Waals surface area contributed by atoms with Gasteiger partial charge in [0.2, 0.25) is 11.8 Å². The topological polar surface area (TPSA) is 71.1 Å². The van der Waals surface area contributed by atoms with E-state index in [2.05, 4.69) is 15.6 Å². The van der Waals surface area contributed by atoms with Gasteiger partial charge in [0.25, 0.3) is 0 Å². The van der Waals surface area contributed by atoms with Crippen LogP contribution >= 0.6 is 11.3 Å². The maximum atomic E-state index is 13.8. The molecule has 8 heteroatoms. The number of aromatic nitrogens is 1. The number of anilines is 1. The highest BCUT2D eigenvalue weighted by Crippen LogP contribution is 2.42. The molecule has 5 nitrogen and oxygen atoms in total. The Bertz CT molecular complexity index is 874. The predicted molar refractivity (Wildman–Crippen MR) is 109 cm³/mol. The van der Waals surface area contributed by atoms with Crippen molar-refractivity contribution in [3.63, 3.8) is 0 Å². The number of carbonyl (C=O) groups is 2. The molecule has 0 bridgehead atoms. The Morgan fingerprint density at radius 1 is 1.21 bits per heavy atom. The molecule has 0 radical (unpaired) electrons. The van der Waals surface area contributed by atoms with E-state index in [0.717, 1.165) is 23.8 Å². The van der Waals surface area contributed by atoms with E-state index >= 15 is 0 Å². The number of hydrogen-bond donors (Lipinski definition) is 2. The minimum atomic E-state index is -1.02. The third-order valence-corrected chi connectivity index (χ3v) is 6.19. The van der Waals surface area contributed by atoms with Crippen LogP contribution in [0.3, 0.4) is 0 Å². The molecule has 2 amide bonds. The molecule has 1 saturated carbocycles. The van der Waals surface area contributed by atoms with Crippen LogP contribution < -0.4 is 10.6 Å². The first-order chi connectivity index (χ1) is 13.8. The summed E-state index contributed by atoms with van der Waals surface area (Å²) < 4.78 is 27.7. The van der Waals surface area contributed by atoms with Gasteiger partial charge in [-0.2, -0.15) is 0 Å². The summed E-state index contributed by atoms with van der Waals surface area (Å²) in [5, 5.41) is 6.07. The third-order valence-electron chi connectivity index (χ3n) is 5.36. The average molecular weight is 422 g/mol. The summed E-state index contributed by atoms with van der Waals surface area (Å²) in [5.41, 5.74) is -0.691. The minimum absolute atomic E-state index is 0.330. The van der Waals surface area contributed by atoms with Gasteiger partial charge in [0, 0.05) is 17.1 Å². The van der Waals surface area contributed by atoms with Gasteiger partial charge in [-0.15, -0.1) is 11.3 Å². The Morgan fingerprint density at radius 2 is 1.86 bits per heavy atom. The molecule has 0 aliphatic heterocycles. The van der Waals surface area contributed by atoms with Crippen LogP contribution in [0.25, 0.3) is 0 Å². The summed E-state index contributed by atoms with van der Waals surface area (Å²) in [6.07, 6.45) is 5.37. The molecule has 0 saturated heterocycles. The van der Waals surface area contributed by atoms with Gasteiger partial charge in [-0.25, -0.2) is 13.8 Å². The molecule has 3 rings (SSSR count). The summed E-state index contributed by atoms with van der Waals surface area (Å²) in [6, 6.07) is 2.50. The van der Waals surface area contributed by atoms with E-state index in [9.17, 15) is 18.4 Å². The Hall–Kier alpha value is -2.35. The average Bonchev–Trinajstić information content (AvgIpc) is 3.30. The van der Waals surface area contributed by atoms with E-state index in [1.54, 1.807) is 6.20 Å². The highest BCUT2D eigenvalue weighted by molar-refractivity contribution is 7.15. The van der Waals surface area contributed by atoms with Crippen LogP contribution in [0.5, 0.6) is 0 Å². The van der Waals surface area contributed by atoms with Crippen LogP contribution in [-0.2, 0) is 15.0 Å². The van der Waals surface area contributed by atoms with Crippen LogP contribution in [0.4, 0.5) is 13.9 Å². The van der Waals surface area contributed by atoms with E-state index in [1.165, 1.54) is 23.5 Å². The molecule has 2 N–H and O–H groups in total. The van der Waals surface area contributed by atoms with Gasteiger partial charge in [0.15, 0.2) is 5.13 Å². The van der Waals surface area contributed by atoms with Gasteiger partial charge in [0.1, 0.15) is 17.7 Å². The molecule has 156 valence electrons. The Labute approximate surface area is 172 Å². The number of amides is 2. The lowest BCUT2D eigenvalue weighted by Gasteiger charge is -2.30. The molecule has 0 spiro atoms. The number of benzene rings is 1. The molecule has 1 aliphatic rings. The quantitative estimate of drug-likeness (QED) is 0.693. The van der Waals surface area contributed by atoms with Gasteiger partial charge in [0.05, 0.1) is 5.41 Å². The summed E-state index contributed by atoms with van der Waals surface area (Å²) in [6.45, 7) is 3.81. The first kappa shape index (κ1) is 21.4. The molecule has 1 unspecified atom stereocenters. The van der Waals surface area contributed by atoms with Crippen molar-refractivity contribution < 1.29 is 18.4 Å². The maximum absolute atomic E-state index is 13.8. The van der Waals surface area contributed by atoms with Crippen LogP contribution in [0.2, 0.25) is 0 Å². The zero-order chi connectivity index (χ0) is 21.0. The van der Waals surface area contributed by atoms with Crippen molar-refractivity contribution in [2.45, 2.75) is 63.8 Å². The number of carbonyl (C=O) groups excluding carboxylic acids is 2. The summed E-state index contributed by atoms with van der Waals surface area (Å²) in [4.78, 5) is 31.1. The maximum Gasteiger partial charge on any atom is 0.248 e. The minimum Gasteiger partial charge on any atom is -0.344 e. The second-order valence-corrected chi connectivity index (χ2v) is 8.76. The third kappa shape index (κ3) is 4.80. The normalized spacial score (nSPS) is 16.4. The lowest BCUT2D eigenvalue weighted by Crippen LogP contribution is -2.51. The predicted octanol–water partition coefficient (Wildman–Crippen LogP) is 4.47. The zero-order valence-corrected chi connectivity index (χ0v) is 17.4. The molecule has 1 aromatic carbocycles. The molecule has 2 aromatic rings. The monoisotopic (exact) mass is 421 g/mol. The Balaban J connectivity index is 1.82. The zero-order valence-electron chi connectivity index (χ0n) is 16.6. The molecule has 1 aromatic heterocycles. The fourth-order valence-corrected chi connectivity index (χ4v) is 4.58. The van der Waals surface area contributed by atoms with Crippen LogP contribution in [0.1, 0.15) is 55.9 Å². The molecular formula is C21H25F2N3O2S. The summed E-state index contributed by atoms with van der Waals surface area (Å²) in [7, 11) is 0. The number of nitrogens with one attached hydrogen (secondary N) is 2. The van der Waals surface area contributed by atoms with Crippen molar-refractivity contribution in [1.82, 2.24) is 10.3 Å².